The number of nitrogens with one attached hydrogen (secondary N) is 1. The van der Waals surface area contributed by atoms with Gasteiger partial charge in [-0.1, -0.05) is 24.6 Å². The number of rotatable bonds is 7. The summed E-state index contributed by atoms with van der Waals surface area (Å²) in [5.41, 5.74) is 1.24. The number of halogens is 1. The standard InChI is InChI=1S/C14H20ClNOS/c1-10(6-7-17)18-14-5-2-11(8-13(14)15)9-16-12-3-4-12/h2,5,8,10,12,16-17H,3-4,6-7,9H2,1H3. The Morgan fingerprint density at radius 1 is 1.50 bits per heavy atom. The highest BCUT2D eigenvalue weighted by molar-refractivity contribution is 8.00. The average Bonchev–Trinajstić information content (AvgIpc) is 3.14. The molecule has 0 aromatic heterocycles. The van der Waals surface area contributed by atoms with Gasteiger partial charge in [-0.25, -0.2) is 0 Å². The SMILES string of the molecule is CC(CCO)Sc1ccc(CNC2CC2)cc1Cl. The van der Waals surface area contributed by atoms with Crippen LogP contribution in [0.4, 0.5) is 0 Å². The van der Waals surface area contributed by atoms with Crippen molar-refractivity contribution in [1.29, 1.82) is 0 Å². The maximum atomic E-state index is 8.90. The van der Waals surface area contributed by atoms with Crippen LogP contribution in [0.15, 0.2) is 23.1 Å². The van der Waals surface area contributed by atoms with Gasteiger partial charge in [-0.3, -0.25) is 0 Å². The monoisotopic (exact) mass is 285 g/mol. The maximum absolute atomic E-state index is 8.90. The summed E-state index contributed by atoms with van der Waals surface area (Å²) in [4.78, 5) is 1.10. The van der Waals surface area contributed by atoms with Gasteiger partial charge in [0.05, 0.1) is 5.02 Å². The molecule has 0 spiro atoms. The van der Waals surface area contributed by atoms with E-state index in [1.807, 2.05) is 6.07 Å². The summed E-state index contributed by atoms with van der Waals surface area (Å²) in [6.07, 6.45) is 3.41. The van der Waals surface area contributed by atoms with Gasteiger partial charge in [-0.05, 0) is 37.0 Å². The summed E-state index contributed by atoms with van der Waals surface area (Å²) in [5, 5.41) is 13.6. The summed E-state index contributed by atoms with van der Waals surface area (Å²) in [6, 6.07) is 6.99. The molecule has 100 valence electrons. The summed E-state index contributed by atoms with van der Waals surface area (Å²) >= 11 is 8.02. The molecule has 2 N–H and O–H groups in total. The minimum Gasteiger partial charge on any atom is -0.396 e. The Kier molecular flexibility index (Phi) is 5.37. The third-order valence-electron chi connectivity index (χ3n) is 3.03. The molecule has 2 rings (SSSR count). The summed E-state index contributed by atoms with van der Waals surface area (Å²) in [5.74, 6) is 0. The quantitative estimate of drug-likeness (QED) is 0.753. The largest absolute Gasteiger partial charge is 0.396 e. The van der Waals surface area contributed by atoms with E-state index in [1.165, 1.54) is 18.4 Å². The zero-order chi connectivity index (χ0) is 13.0. The van der Waals surface area contributed by atoms with Crippen LogP contribution in [0.2, 0.25) is 5.02 Å². The van der Waals surface area contributed by atoms with Gasteiger partial charge in [0.1, 0.15) is 0 Å². The van der Waals surface area contributed by atoms with Crippen LogP contribution >= 0.6 is 23.4 Å². The first-order chi connectivity index (χ1) is 8.69. The Morgan fingerprint density at radius 2 is 2.28 bits per heavy atom. The van der Waals surface area contributed by atoms with Crippen LogP contribution < -0.4 is 5.32 Å². The van der Waals surface area contributed by atoms with Crippen LogP contribution in [0.5, 0.6) is 0 Å². The lowest BCUT2D eigenvalue weighted by molar-refractivity contribution is 0.289. The van der Waals surface area contributed by atoms with E-state index in [4.69, 9.17) is 16.7 Å². The molecular formula is C14H20ClNOS. The molecule has 0 saturated heterocycles. The minimum absolute atomic E-state index is 0.231. The fourth-order valence-corrected chi connectivity index (χ4v) is 3.07. The molecule has 2 nitrogen and oxygen atoms in total. The molecule has 0 radical (unpaired) electrons. The summed E-state index contributed by atoms with van der Waals surface area (Å²) in [6.45, 7) is 3.25. The van der Waals surface area contributed by atoms with E-state index in [1.54, 1.807) is 11.8 Å². The third kappa shape index (κ3) is 4.47. The second-order valence-corrected chi connectivity index (χ2v) is 6.75. The van der Waals surface area contributed by atoms with Crippen molar-refractivity contribution in [3.05, 3.63) is 28.8 Å². The summed E-state index contributed by atoms with van der Waals surface area (Å²) in [7, 11) is 0. The second-order valence-electron chi connectivity index (χ2n) is 4.86. The molecule has 0 bridgehead atoms. The zero-order valence-electron chi connectivity index (χ0n) is 10.7. The molecular weight excluding hydrogens is 266 g/mol. The normalized spacial score (nSPS) is 16.8. The molecule has 1 aromatic rings. The molecule has 18 heavy (non-hydrogen) atoms. The molecule has 1 aliphatic rings. The zero-order valence-corrected chi connectivity index (χ0v) is 12.2. The molecule has 0 amide bonds. The van der Waals surface area contributed by atoms with Gasteiger partial charge in [-0.2, -0.15) is 0 Å². The van der Waals surface area contributed by atoms with Crippen LogP contribution in [0.1, 0.15) is 31.7 Å². The van der Waals surface area contributed by atoms with Crippen molar-refractivity contribution in [2.24, 2.45) is 0 Å². The van der Waals surface area contributed by atoms with Crippen molar-refractivity contribution in [3.63, 3.8) is 0 Å². The first-order valence-electron chi connectivity index (χ1n) is 6.48. The number of thioether (sulfide) groups is 1. The van der Waals surface area contributed by atoms with E-state index >= 15 is 0 Å². The molecule has 4 heteroatoms. The van der Waals surface area contributed by atoms with Crippen molar-refractivity contribution in [1.82, 2.24) is 5.32 Å². The predicted octanol–water partition coefficient (Wildman–Crippen LogP) is 3.46. The number of benzene rings is 1. The Labute approximate surface area is 118 Å². The molecule has 1 aliphatic carbocycles. The molecule has 1 atom stereocenters. The van der Waals surface area contributed by atoms with Crippen molar-refractivity contribution >= 4 is 23.4 Å². The van der Waals surface area contributed by atoms with Crippen molar-refractivity contribution in [3.8, 4) is 0 Å². The molecule has 0 heterocycles. The van der Waals surface area contributed by atoms with E-state index < -0.39 is 0 Å². The Bertz CT molecular complexity index is 395. The third-order valence-corrected chi connectivity index (χ3v) is 4.71. The first kappa shape index (κ1) is 14.2. The number of aliphatic hydroxyl groups is 1. The topological polar surface area (TPSA) is 32.3 Å². The lowest BCUT2D eigenvalue weighted by atomic mass is 10.2. The van der Waals surface area contributed by atoms with Gasteiger partial charge in [-0.15, -0.1) is 11.8 Å². The van der Waals surface area contributed by atoms with Gasteiger partial charge < -0.3 is 10.4 Å². The number of hydrogen-bond donors (Lipinski definition) is 2. The van der Waals surface area contributed by atoms with Crippen LogP contribution in [-0.4, -0.2) is 23.0 Å². The lowest BCUT2D eigenvalue weighted by Crippen LogP contribution is -2.15. The van der Waals surface area contributed by atoms with Crippen molar-refractivity contribution in [2.75, 3.05) is 6.61 Å². The van der Waals surface area contributed by atoms with Gasteiger partial charge in [0.15, 0.2) is 0 Å². The average molecular weight is 286 g/mol. The van der Waals surface area contributed by atoms with Crippen molar-refractivity contribution < 1.29 is 5.11 Å². The Balaban J connectivity index is 1.90. The molecule has 0 aliphatic heterocycles. The maximum Gasteiger partial charge on any atom is 0.0545 e. The number of aliphatic hydroxyl groups excluding tert-OH is 1. The fraction of sp³-hybridized carbons (Fsp3) is 0.571. The van der Waals surface area contributed by atoms with E-state index in [0.29, 0.717) is 5.25 Å². The van der Waals surface area contributed by atoms with Gasteiger partial charge >= 0.3 is 0 Å². The predicted molar refractivity (Wildman–Crippen MR) is 78.3 cm³/mol. The highest BCUT2D eigenvalue weighted by Gasteiger charge is 2.20. The molecule has 1 fully saturated rings. The van der Waals surface area contributed by atoms with Crippen LogP contribution in [0.25, 0.3) is 0 Å². The Hall–Kier alpha value is -0.220. The van der Waals surface area contributed by atoms with Crippen LogP contribution in [0, 0.1) is 0 Å². The fourth-order valence-electron chi connectivity index (χ4n) is 1.76. The Morgan fingerprint density at radius 3 is 2.89 bits per heavy atom. The summed E-state index contributed by atoms with van der Waals surface area (Å²) < 4.78 is 0. The molecule has 1 saturated carbocycles. The molecule has 1 unspecified atom stereocenters. The first-order valence-corrected chi connectivity index (χ1v) is 7.74. The van der Waals surface area contributed by atoms with Gasteiger partial charge in [0, 0.05) is 29.3 Å². The van der Waals surface area contributed by atoms with E-state index in [0.717, 1.165) is 28.9 Å². The lowest BCUT2D eigenvalue weighted by Gasteiger charge is -2.12. The minimum atomic E-state index is 0.231. The van der Waals surface area contributed by atoms with Crippen LogP contribution in [0.3, 0.4) is 0 Å². The van der Waals surface area contributed by atoms with Crippen LogP contribution in [-0.2, 0) is 6.54 Å². The smallest absolute Gasteiger partial charge is 0.0545 e. The highest BCUT2D eigenvalue weighted by Crippen LogP contribution is 2.32. The molecule has 1 aromatic carbocycles. The van der Waals surface area contributed by atoms with E-state index in [-0.39, 0.29) is 6.61 Å². The van der Waals surface area contributed by atoms with E-state index in [2.05, 4.69) is 24.4 Å². The number of hydrogen-bond acceptors (Lipinski definition) is 3. The van der Waals surface area contributed by atoms with Gasteiger partial charge in [0.2, 0.25) is 0 Å². The van der Waals surface area contributed by atoms with E-state index in [9.17, 15) is 0 Å². The second kappa shape index (κ2) is 6.80. The van der Waals surface area contributed by atoms with Crippen molar-refractivity contribution in [2.45, 2.75) is 48.9 Å². The van der Waals surface area contributed by atoms with Gasteiger partial charge in [0.25, 0.3) is 0 Å². The highest BCUT2D eigenvalue weighted by atomic mass is 35.5.